The number of aromatic hydroxyl groups is 1. The average molecular weight is 214 g/mol. The van der Waals surface area contributed by atoms with Crippen LogP contribution in [0.4, 0.5) is 0 Å². The molecular weight excluding hydrogens is 198 g/mol. The molecule has 1 aromatic rings. The van der Waals surface area contributed by atoms with Crippen LogP contribution in [0.25, 0.3) is 0 Å². The second-order valence-electron chi connectivity index (χ2n) is 3.60. The van der Waals surface area contributed by atoms with Crippen molar-refractivity contribution in [2.45, 2.75) is 25.3 Å². The van der Waals surface area contributed by atoms with Crippen LogP contribution in [0.3, 0.4) is 0 Å². The first kappa shape index (κ1) is 11.3. The van der Waals surface area contributed by atoms with Gasteiger partial charge in [0.25, 0.3) is 0 Å². The largest absolute Gasteiger partial charge is 0.508 e. The fourth-order valence-corrected chi connectivity index (χ4v) is 1.88. The van der Waals surface area contributed by atoms with Gasteiger partial charge in [-0.2, -0.15) is 0 Å². The molecule has 1 saturated heterocycles. The summed E-state index contributed by atoms with van der Waals surface area (Å²) >= 11 is 0. The van der Waals surface area contributed by atoms with E-state index in [4.69, 9.17) is 0 Å². The number of hydrogen-bond donors (Lipinski definition) is 2. The summed E-state index contributed by atoms with van der Waals surface area (Å²) in [6.07, 6.45) is 3.74. The molecule has 78 valence electrons. The molecule has 2 N–H and O–H groups in total. The van der Waals surface area contributed by atoms with Crippen LogP contribution < -0.4 is 5.32 Å². The Morgan fingerprint density at radius 1 is 1.29 bits per heavy atom. The molecule has 0 bridgehead atoms. The lowest BCUT2D eigenvalue weighted by molar-refractivity contribution is 0.409. The first-order valence-electron chi connectivity index (χ1n) is 4.88. The van der Waals surface area contributed by atoms with Crippen LogP contribution in [0, 0.1) is 0 Å². The van der Waals surface area contributed by atoms with Crippen molar-refractivity contribution in [2.75, 3.05) is 6.54 Å². The number of halogens is 1. The molecule has 0 aromatic heterocycles. The van der Waals surface area contributed by atoms with Crippen LogP contribution in [0.15, 0.2) is 24.3 Å². The summed E-state index contributed by atoms with van der Waals surface area (Å²) in [6.45, 7) is 1.10. The minimum absolute atomic E-state index is 0. The van der Waals surface area contributed by atoms with Crippen LogP contribution in [-0.2, 0) is 0 Å². The Labute approximate surface area is 90.7 Å². The number of phenolic OH excluding ortho intramolecular Hbond substituents is 1. The highest BCUT2D eigenvalue weighted by Gasteiger charge is 2.14. The van der Waals surface area contributed by atoms with Gasteiger partial charge < -0.3 is 10.4 Å². The smallest absolute Gasteiger partial charge is 0.115 e. The van der Waals surface area contributed by atoms with Crippen LogP contribution in [0.5, 0.6) is 5.75 Å². The highest BCUT2D eigenvalue weighted by Crippen LogP contribution is 2.24. The predicted molar refractivity (Wildman–Crippen MR) is 59.9 cm³/mol. The molecule has 1 aliphatic rings. The van der Waals surface area contributed by atoms with Gasteiger partial charge >= 0.3 is 0 Å². The van der Waals surface area contributed by atoms with Gasteiger partial charge in [-0.1, -0.05) is 18.6 Å². The molecule has 1 aliphatic heterocycles. The summed E-state index contributed by atoms with van der Waals surface area (Å²) in [5.41, 5.74) is 1.21. The fourth-order valence-electron chi connectivity index (χ4n) is 1.88. The van der Waals surface area contributed by atoms with Gasteiger partial charge in [0.05, 0.1) is 0 Å². The minimum Gasteiger partial charge on any atom is -0.508 e. The van der Waals surface area contributed by atoms with Crippen LogP contribution >= 0.6 is 12.4 Å². The zero-order chi connectivity index (χ0) is 9.10. The maximum absolute atomic E-state index is 9.32. The number of nitrogens with one attached hydrogen (secondary N) is 1. The summed E-state index contributed by atoms with van der Waals surface area (Å²) in [7, 11) is 0. The van der Waals surface area contributed by atoms with Gasteiger partial charge in [0.2, 0.25) is 0 Å². The zero-order valence-electron chi connectivity index (χ0n) is 8.07. The van der Waals surface area contributed by atoms with Crippen molar-refractivity contribution in [3.05, 3.63) is 29.8 Å². The molecule has 2 rings (SSSR count). The van der Waals surface area contributed by atoms with Gasteiger partial charge in [-0.25, -0.2) is 0 Å². The molecule has 1 fully saturated rings. The Morgan fingerprint density at radius 3 is 2.79 bits per heavy atom. The van der Waals surface area contributed by atoms with Gasteiger partial charge in [-0.15, -0.1) is 12.4 Å². The van der Waals surface area contributed by atoms with E-state index in [2.05, 4.69) is 11.4 Å². The standard InChI is InChI=1S/C11H15NO.ClH/c13-10-5-3-4-9(8-10)11-6-1-2-7-12-11;/h3-5,8,11-13H,1-2,6-7H2;1H. The zero-order valence-corrected chi connectivity index (χ0v) is 8.89. The van der Waals surface area contributed by atoms with Crippen LogP contribution in [0.1, 0.15) is 30.9 Å². The topological polar surface area (TPSA) is 32.3 Å². The Bertz CT molecular complexity index is 284. The number of hydrogen-bond acceptors (Lipinski definition) is 2. The van der Waals surface area contributed by atoms with E-state index in [0.717, 1.165) is 6.54 Å². The van der Waals surface area contributed by atoms with E-state index < -0.39 is 0 Å². The molecule has 0 radical (unpaired) electrons. The first-order valence-corrected chi connectivity index (χ1v) is 4.88. The average Bonchev–Trinajstić information content (AvgIpc) is 2.19. The molecule has 14 heavy (non-hydrogen) atoms. The number of piperidine rings is 1. The van der Waals surface area contributed by atoms with Crippen molar-refractivity contribution >= 4 is 12.4 Å². The molecule has 1 atom stereocenters. The van der Waals surface area contributed by atoms with Gasteiger partial charge in [0.15, 0.2) is 0 Å². The Kier molecular flexibility index (Phi) is 4.23. The second kappa shape index (κ2) is 5.23. The van der Waals surface area contributed by atoms with E-state index in [9.17, 15) is 5.11 Å². The van der Waals surface area contributed by atoms with Crippen LogP contribution in [-0.4, -0.2) is 11.7 Å². The lowest BCUT2D eigenvalue weighted by atomic mass is 9.97. The van der Waals surface area contributed by atoms with Crippen molar-refractivity contribution in [1.82, 2.24) is 5.32 Å². The quantitative estimate of drug-likeness (QED) is 0.752. The Hall–Kier alpha value is -0.730. The lowest BCUT2D eigenvalue weighted by Crippen LogP contribution is -2.26. The third-order valence-corrected chi connectivity index (χ3v) is 2.58. The molecule has 2 nitrogen and oxygen atoms in total. The molecule has 1 unspecified atom stereocenters. The van der Waals surface area contributed by atoms with E-state index in [1.165, 1.54) is 24.8 Å². The second-order valence-corrected chi connectivity index (χ2v) is 3.60. The molecule has 1 heterocycles. The molecule has 0 amide bonds. The van der Waals surface area contributed by atoms with Gasteiger partial charge in [0, 0.05) is 6.04 Å². The predicted octanol–water partition coefficient (Wildman–Crippen LogP) is 2.63. The normalized spacial score (nSPS) is 21.3. The Morgan fingerprint density at radius 2 is 2.14 bits per heavy atom. The van der Waals surface area contributed by atoms with Crippen LogP contribution in [0.2, 0.25) is 0 Å². The number of rotatable bonds is 1. The lowest BCUT2D eigenvalue weighted by Gasteiger charge is -2.23. The number of benzene rings is 1. The third-order valence-electron chi connectivity index (χ3n) is 2.58. The fraction of sp³-hybridized carbons (Fsp3) is 0.455. The van der Waals surface area contributed by atoms with Crippen molar-refractivity contribution in [3.63, 3.8) is 0 Å². The Balaban J connectivity index is 0.000000980. The highest BCUT2D eigenvalue weighted by molar-refractivity contribution is 5.85. The maximum atomic E-state index is 9.32. The van der Waals surface area contributed by atoms with Crippen molar-refractivity contribution in [3.8, 4) is 5.75 Å². The molecule has 0 spiro atoms. The van der Waals surface area contributed by atoms with E-state index in [-0.39, 0.29) is 12.4 Å². The monoisotopic (exact) mass is 213 g/mol. The van der Waals surface area contributed by atoms with Crippen molar-refractivity contribution in [1.29, 1.82) is 0 Å². The maximum Gasteiger partial charge on any atom is 0.115 e. The van der Waals surface area contributed by atoms with E-state index in [1.807, 2.05) is 12.1 Å². The summed E-state index contributed by atoms with van der Waals surface area (Å²) in [6, 6.07) is 7.99. The van der Waals surface area contributed by atoms with Gasteiger partial charge in [-0.05, 0) is 37.1 Å². The molecule has 3 heteroatoms. The summed E-state index contributed by atoms with van der Waals surface area (Å²) in [5, 5.41) is 12.8. The minimum atomic E-state index is 0. The molecule has 0 aliphatic carbocycles. The first-order chi connectivity index (χ1) is 6.36. The van der Waals surface area contributed by atoms with Gasteiger partial charge in [-0.3, -0.25) is 0 Å². The van der Waals surface area contributed by atoms with Gasteiger partial charge in [0.1, 0.15) is 5.75 Å². The van der Waals surface area contributed by atoms with Crippen molar-refractivity contribution < 1.29 is 5.11 Å². The SMILES string of the molecule is Cl.Oc1cccc(C2CCCCN2)c1. The van der Waals surface area contributed by atoms with E-state index in [1.54, 1.807) is 6.07 Å². The van der Waals surface area contributed by atoms with Crippen molar-refractivity contribution in [2.24, 2.45) is 0 Å². The summed E-state index contributed by atoms with van der Waals surface area (Å²) < 4.78 is 0. The summed E-state index contributed by atoms with van der Waals surface area (Å²) in [5.74, 6) is 0.366. The van der Waals surface area contributed by atoms with E-state index in [0.29, 0.717) is 11.8 Å². The number of phenols is 1. The van der Waals surface area contributed by atoms with E-state index >= 15 is 0 Å². The molecule has 0 saturated carbocycles. The highest BCUT2D eigenvalue weighted by atomic mass is 35.5. The molecule has 1 aromatic carbocycles. The summed E-state index contributed by atoms with van der Waals surface area (Å²) in [4.78, 5) is 0. The third kappa shape index (κ3) is 2.63. The molecular formula is C11H16ClNO.